The van der Waals surface area contributed by atoms with Crippen LogP contribution in [-0.4, -0.2) is 10.7 Å². The highest BCUT2D eigenvalue weighted by atomic mass is 16.3. The van der Waals surface area contributed by atoms with E-state index in [9.17, 15) is 5.11 Å². The Hall–Kier alpha value is -0.560. The molecular formula is C18H32O. The Kier molecular flexibility index (Phi) is 8.13. The summed E-state index contributed by atoms with van der Waals surface area (Å²) in [5.41, 5.74) is -0.575. The minimum Gasteiger partial charge on any atom is -0.385 e. The van der Waals surface area contributed by atoms with Crippen molar-refractivity contribution in [3.05, 3.63) is 24.3 Å². The molecule has 0 aromatic carbocycles. The van der Waals surface area contributed by atoms with E-state index in [0.717, 1.165) is 6.42 Å². The maximum Gasteiger partial charge on any atom is 0.0893 e. The zero-order chi connectivity index (χ0) is 14.0. The molecule has 0 amide bonds. The maximum absolute atomic E-state index is 10.8. The average Bonchev–Trinajstić information content (AvgIpc) is 2.42. The van der Waals surface area contributed by atoms with E-state index >= 15 is 0 Å². The molecular weight excluding hydrogens is 232 g/mol. The molecule has 0 heterocycles. The molecule has 0 radical (unpaired) electrons. The van der Waals surface area contributed by atoms with Crippen molar-refractivity contribution in [3.63, 3.8) is 0 Å². The Bertz CT molecular complexity index is 279. The number of allylic oxidation sites excluding steroid dienone is 2. The summed E-state index contributed by atoms with van der Waals surface area (Å²) in [6, 6.07) is 0. The molecule has 1 rings (SSSR count). The van der Waals surface area contributed by atoms with Crippen LogP contribution in [0.5, 0.6) is 0 Å². The van der Waals surface area contributed by atoms with Crippen LogP contribution in [0.4, 0.5) is 0 Å². The van der Waals surface area contributed by atoms with Crippen LogP contribution in [0, 0.1) is 5.92 Å². The third kappa shape index (κ3) is 5.95. The largest absolute Gasteiger partial charge is 0.385 e. The second-order valence-electron chi connectivity index (χ2n) is 6.02. The lowest BCUT2D eigenvalue weighted by molar-refractivity contribution is 0.0191. The second-order valence-corrected chi connectivity index (χ2v) is 6.02. The molecule has 2 atom stereocenters. The number of unbranched alkanes of at least 4 members (excludes halogenated alkanes) is 5. The van der Waals surface area contributed by atoms with Crippen LogP contribution in [0.1, 0.15) is 78.1 Å². The highest BCUT2D eigenvalue weighted by molar-refractivity contribution is 5.19. The number of aliphatic hydroxyl groups is 1. The second kappa shape index (κ2) is 9.36. The molecule has 0 saturated carbocycles. The van der Waals surface area contributed by atoms with E-state index < -0.39 is 5.60 Å². The predicted molar refractivity (Wildman–Crippen MR) is 84.2 cm³/mol. The normalized spacial score (nSPS) is 23.7. The molecule has 19 heavy (non-hydrogen) atoms. The van der Waals surface area contributed by atoms with Gasteiger partial charge in [-0.15, -0.1) is 0 Å². The van der Waals surface area contributed by atoms with E-state index in [1.807, 2.05) is 12.2 Å². The third-order valence-corrected chi connectivity index (χ3v) is 4.35. The minimum absolute atomic E-state index is 0.442. The number of rotatable bonds is 10. The smallest absolute Gasteiger partial charge is 0.0893 e. The molecule has 0 aromatic heterocycles. The SMILES string of the molecule is CCCCCCC(CCCCC)C1(O)C=CC=CC1. The van der Waals surface area contributed by atoms with Crippen LogP contribution < -0.4 is 0 Å². The topological polar surface area (TPSA) is 20.2 Å². The van der Waals surface area contributed by atoms with Gasteiger partial charge in [-0.05, 0) is 25.2 Å². The summed E-state index contributed by atoms with van der Waals surface area (Å²) in [6.07, 6.45) is 20.4. The van der Waals surface area contributed by atoms with Gasteiger partial charge in [0, 0.05) is 0 Å². The first-order valence-electron chi connectivity index (χ1n) is 8.29. The summed E-state index contributed by atoms with van der Waals surface area (Å²) in [6.45, 7) is 4.50. The fraction of sp³-hybridized carbons (Fsp3) is 0.778. The van der Waals surface area contributed by atoms with Gasteiger partial charge in [0.2, 0.25) is 0 Å². The Balaban J connectivity index is 2.47. The van der Waals surface area contributed by atoms with E-state index in [0.29, 0.717) is 5.92 Å². The minimum atomic E-state index is -0.575. The summed E-state index contributed by atoms with van der Waals surface area (Å²) in [4.78, 5) is 0. The highest BCUT2D eigenvalue weighted by Gasteiger charge is 2.32. The molecule has 1 nitrogen and oxygen atoms in total. The standard InChI is InChI=1S/C18H32O/c1-3-5-7-10-14-17(13-9-6-4-2)18(19)15-11-8-12-16-18/h8,11-12,15,17,19H,3-7,9-10,13-14,16H2,1-2H3. The van der Waals surface area contributed by atoms with Gasteiger partial charge in [0.1, 0.15) is 0 Å². The first kappa shape index (κ1) is 16.5. The maximum atomic E-state index is 10.8. The Morgan fingerprint density at radius 2 is 1.58 bits per heavy atom. The molecule has 110 valence electrons. The first-order valence-corrected chi connectivity index (χ1v) is 8.29. The van der Waals surface area contributed by atoms with E-state index in [4.69, 9.17) is 0 Å². The molecule has 0 saturated heterocycles. The number of hydrogen-bond acceptors (Lipinski definition) is 1. The Morgan fingerprint density at radius 3 is 2.16 bits per heavy atom. The van der Waals surface area contributed by atoms with Gasteiger partial charge in [0.15, 0.2) is 0 Å². The van der Waals surface area contributed by atoms with E-state index in [1.165, 1.54) is 57.8 Å². The van der Waals surface area contributed by atoms with Gasteiger partial charge >= 0.3 is 0 Å². The zero-order valence-corrected chi connectivity index (χ0v) is 12.9. The first-order chi connectivity index (χ1) is 9.23. The molecule has 0 aromatic rings. The fourth-order valence-electron chi connectivity index (χ4n) is 3.03. The van der Waals surface area contributed by atoms with Crippen LogP contribution in [0.25, 0.3) is 0 Å². The highest BCUT2D eigenvalue weighted by Crippen LogP contribution is 2.34. The lowest BCUT2D eigenvalue weighted by atomic mass is 9.76. The van der Waals surface area contributed by atoms with Crippen LogP contribution in [0.2, 0.25) is 0 Å². The lowest BCUT2D eigenvalue weighted by Crippen LogP contribution is -2.36. The van der Waals surface area contributed by atoms with Crippen molar-refractivity contribution in [2.75, 3.05) is 0 Å². The van der Waals surface area contributed by atoms with Crippen molar-refractivity contribution in [1.29, 1.82) is 0 Å². The zero-order valence-electron chi connectivity index (χ0n) is 12.9. The van der Waals surface area contributed by atoms with E-state index in [1.54, 1.807) is 0 Å². The van der Waals surface area contributed by atoms with Gasteiger partial charge in [0.25, 0.3) is 0 Å². The Morgan fingerprint density at radius 1 is 0.947 bits per heavy atom. The Labute approximate surface area is 119 Å². The fourth-order valence-corrected chi connectivity index (χ4v) is 3.03. The lowest BCUT2D eigenvalue weighted by Gasteiger charge is -2.34. The van der Waals surface area contributed by atoms with Crippen molar-refractivity contribution in [3.8, 4) is 0 Å². The van der Waals surface area contributed by atoms with Gasteiger partial charge in [-0.25, -0.2) is 0 Å². The predicted octanol–water partition coefficient (Wildman–Crippen LogP) is 5.40. The average molecular weight is 264 g/mol. The van der Waals surface area contributed by atoms with Gasteiger partial charge in [0.05, 0.1) is 5.60 Å². The van der Waals surface area contributed by atoms with Gasteiger partial charge in [-0.1, -0.05) is 83.1 Å². The van der Waals surface area contributed by atoms with Crippen LogP contribution in [0.3, 0.4) is 0 Å². The van der Waals surface area contributed by atoms with Crippen molar-refractivity contribution in [2.24, 2.45) is 5.92 Å². The third-order valence-electron chi connectivity index (χ3n) is 4.35. The van der Waals surface area contributed by atoms with Crippen LogP contribution in [0.15, 0.2) is 24.3 Å². The summed E-state index contributed by atoms with van der Waals surface area (Å²) < 4.78 is 0. The summed E-state index contributed by atoms with van der Waals surface area (Å²) in [5.74, 6) is 0.442. The number of hydrogen-bond donors (Lipinski definition) is 1. The van der Waals surface area contributed by atoms with Gasteiger partial charge < -0.3 is 5.11 Å². The van der Waals surface area contributed by atoms with Crippen molar-refractivity contribution >= 4 is 0 Å². The van der Waals surface area contributed by atoms with Crippen LogP contribution in [-0.2, 0) is 0 Å². The van der Waals surface area contributed by atoms with Crippen molar-refractivity contribution in [2.45, 2.75) is 83.7 Å². The molecule has 0 aliphatic heterocycles. The van der Waals surface area contributed by atoms with Crippen LogP contribution >= 0.6 is 0 Å². The molecule has 0 spiro atoms. The molecule has 1 aliphatic carbocycles. The molecule has 0 bridgehead atoms. The molecule has 2 unspecified atom stereocenters. The molecule has 1 aliphatic rings. The molecule has 1 heteroatoms. The van der Waals surface area contributed by atoms with Crippen molar-refractivity contribution < 1.29 is 5.11 Å². The molecule has 0 fully saturated rings. The van der Waals surface area contributed by atoms with Gasteiger partial charge in [-0.2, -0.15) is 0 Å². The molecule has 1 N–H and O–H groups in total. The van der Waals surface area contributed by atoms with E-state index in [-0.39, 0.29) is 0 Å². The summed E-state index contributed by atoms with van der Waals surface area (Å²) in [5, 5.41) is 10.8. The summed E-state index contributed by atoms with van der Waals surface area (Å²) in [7, 11) is 0. The monoisotopic (exact) mass is 264 g/mol. The van der Waals surface area contributed by atoms with Crippen molar-refractivity contribution in [1.82, 2.24) is 0 Å². The summed E-state index contributed by atoms with van der Waals surface area (Å²) >= 11 is 0. The van der Waals surface area contributed by atoms with Gasteiger partial charge in [-0.3, -0.25) is 0 Å². The van der Waals surface area contributed by atoms with E-state index in [2.05, 4.69) is 26.0 Å². The quantitative estimate of drug-likeness (QED) is 0.524.